The molecule has 0 rings (SSSR count). The van der Waals surface area contributed by atoms with Crippen LogP contribution in [0.25, 0.3) is 0 Å². The first-order valence-electron chi connectivity index (χ1n) is 1.15. The second-order valence-corrected chi connectivity index (χ2v) is 0.577. The summed E-state index contributed by atoms with van der Waals surface area (Å²) in [4.78, 5) is 0. The molecule has 0 aliphatic heterocycles. The molecule has 0 fully saturated rings. The van der Waals surface area contributed by atoms with Crippen molar-refractivity contribution < 1.29 is 52.2 Å². The van der Waals surface area contributed by atoms with E-state index in [0.717, 1.165) is 0 Å². The summed E-state index contributed by atoms with van der Waals surface area (Å²) in [5.74, 6) is 0. The molecule has 6 heavy (non-hydrogen) atoms. The van der Waals surface area contributed by atoms with Gasteiger partial charge in [0.15, 0.2) is 0 Å². The molecule has 0 saturated carbocycles. The maximum absolute atomic E-state index is 2.00. The summed E-state index contributed by atoms with van der Waals surface area (Å²) in [7, 11) is 0. The molecule has 2 heteroatoms. The summed E-state index contributed by atoms with van der Waals surface area (Å²) >= 11 is 0. The van der Waals surface area contributed by atoms with E-state index in [4.69, 9.17) is 0 Å². The van der Waals surface area contributed by atoms with Gasteiger partial charge in [0, 0.05) is 52.2 Å². The van der Waals surface area contributed by atoms with Gasteiger partial charge in [0.25, 0.3) is 0 Å². The molecule has 0 saturated heterocycles. The summed E-state index contributed by atoms with van der Waals surface area (Å²) in [6, 6.07) is 0. The second-order valence-electron chi connectivity index (χ2n) is 0.577. The van der Waals surface area contributed by atoms with Gasteiger partial charge in [0.1, 0.15) is 0 Å². The van der Waals surface area contributed by atoms with Gasteiger partial charge >= 0.3 is 0 Å². The third-order valence-electron chi connectivity index (χ3n) is 0. The Bertz CT molecular complexity index is 7.51. The molecule has 0 aromatic rings. The van der Waals surface area contributed by atoms with Crippen molar-refractivity contribution in [2.75, 3.05) is 0 Å². The fraction of sp³-hybridized carbons (Fsp3) is 0.500. The molecule has 33 valence electrons. The Balaban J connectivity index is -0.00000000667. The van der Waals surface area contributed by atoms with E-state index in [1.807, 2.05) is 20.3 Å². The zero-order valence-corrected chi connectivity index (χ0v) is 10.7. The van der Waals surface area contributed by atoms with E-state index in [0.29, 0.717) is 0 Å². The first kappa shape index (κ1) is 25.2. The van der Waals surface area contributed by atoms with E-state index in [-0.39, 0.29) is 59.6 Å². The average molecular weight is 212 g/mol. The predicted molar refractivity (Wildman–Crippen MR) is 22.1 cm³/mol. The summed E-state index contributed by atoms with van der Waals surface area (Å²) in [5, 5.41) is 0. The summed E-state index contributed by atoms with van der Waals surface area (Å²) < 4.78 is 0. The van der Waals surface area contributed by atoms with Gasteiger partial charge < -0.3 is 13.8 Å². The summed E-state index contributed by atoms with van der Waals surface area (Å²) in [6.45, 7) is 4.00. The van der Waals surface area contributed by atoms with Crippen LogP contribution in [0.4, 0.5) is 0 Å². The van der Waals surface area contributed by atoms with Gasteiger partial charge in [-0.15, -0.1) is 0 Å². The molecular weight excluding hydrogens is 202 g/mol. The van der Waals surface area contributed by atoms with Gasteiger partial charge in [-0.3, -0.25) is 0 Å². The van der Waals surface area contributed by atoms with E-state index < -0.39 is 0 Å². The molecule has 0 unspecified atom stereocenters. The molecule has 0 nitrogen and oxygen atoms in total. The van der Waals surface area contributed by atoms with Crippen LogP contribution in [0.3, 0.4) is 0 Å². The van der Waals surface area contributed by atoms with Crippen LogP contribution in [0.15, 0.2) is 0 Å². The minimum atomic E-state index is 0. The van der Waals surface area contributed by atoms with Crippen LogP contribution < -0.4 is 0 Å². The van der Waals surface area contributed by atoms with Crippen LogP contribution in [-0.2, 0) is 52.2 Å². The van der Waals surface area contributed by atoms with E-state index in [1.165, 1.54) is 0 Å². The molecule has 0 bridgehead atoms. The topological polar surface area (TPSA) is 0 Å². The van der Waals surface area contributed by atoms with Gasteiger partial charge in [-0.25, -0.2) is 0 Å². The van der Waals surface area contributed by atoms with Crippen LogP contribution in [-0.4, -0.2) is 0 Å². The molecule has 0 amide bonds. The van der Waals surface area contributed by atoms with Crippen molar-refractivity contribution >= 4 is 0 Å². The van der Waals surface area contributed by atoms with Crippen LogP contribution in [0.5, 0.6) is 0 Å². The molecule has 0 spiro atoms. The Labute approximate surface area is 79.1 Å². The van der Waals surface area contributed by atoms with Crippen molar-refractivity contribution in [2.24, 2.45) is 0 Å². The summed E-state index contributed by atoms with van der Waals surface area (Å²) in [6.07, 6.45) is 2.00. The van der Waals surface area contributed by atoms with Crippen molar-refractivity contribution in [1.82, 2.24) is 0 Å². The number of hydrogen-bond donors (Lipinski definition) is 0. The quantitative estimate of drug-likeness (QED) is 0.423. The Morgan fingerprint density at radius 1 is 1.17 bits per heavy atom. The Hall–Kier alpha value is 1.73. The SMILES string of the molecule is C[CH-]C.[CH3-].[Y].[Zn]. The summed E-state index contributed by atoms with van der Waals surface area (Å²) in [5.41, 5.74) is 0. The van der Waals surface area contributed by atoms with E-state index in [1.54, 1.807) is 0 Å². The first-order chi connectivity index (χ1) is 1.41. The van der Waals surface area contributed by atoms with Gasteiger partial charge in [0.2, 0.25) is 0 Å². The van der Waals surface area contributed by atoms with Gasteiger partial charge in [-0.05, 0) is 0 Å². The molecular formula is C4H10YZn-2. The van der Waals surface area contributed by atoms with Crippen molar-refractivity contribution in [3.63, 3.8) is 0 Å². The zero-order valence-electron chi connectivity index (χ0n) is 4.86. The van der Waals surface area contributed by atoms with Crippen LogP contribution >= 0.6 is 0 Å². The van der Waals surface area contributed by atoms with Gasteiger partial charge in [-0.1, -0.05) is 0 Å². The van der Waals surface area contributed by atoms with Crippen LogP contribution in [0.2, 0.25) is 0 Å². The second kappa shape index (κ2) is 29.7. The van der Waals surface area contributed by atoms with Crippen molar-refractivity contribution in [3.8, 4) is 0 Å². The number of hydrogen-bond acceptors (Lipinski definition) is 0. The largest absolute Gasteiger partial charge is 0.358 e. The molecule has 0 aliphatic carbocycles. The number of rotatable bonds is 0. The van der Waals surface area contributed by atoms with Gasteiger partial charge in [0.05, 0.1) is 0 Å². The maximum atomic E-state index is 2.00. The normalized spacial score (nSPS) is 3.00. The van der Waals surface area contributed by atoms with Crippen molar-refractivity contribution in [2.45, 2.75) is 13.8 Å². The molecule has 0 atom stereocenters. The van der Waals surface area contributed by atoms with E-state index in [2.05, 4.69) is 0 Å². The standard InChI is InChI=1S/C3H7.CH3.Y.Zn/c1-3-2;;;/h3H,1-2H3;1H3;;/q2*-1;;. The minimum Gasteiger partial charge on any atom is -0.358 e. The van der Waals surface area contributed by atoms with Crippen molar-refractivity contribution in [3.05, 3.63) is 13.8 Å². The third kappa shape index (κ3) is 42.9. The van der Waals surface area contributed by atoms with Gasteiger partial charge in [-0.2, -0.15) is 13.8 Å². The predicted octanol–water partition coefficient (Wildman–Crippen LogP) is 1.68. The first-order valence-corrected chi connectivity index (χ1v) is 1.15. The Kier molecular flexibility index (Phi) is 124. The third-order valence-corrected chi connectivity index (χ3v) is 0. The van der Waals surface area contributed by atoms with Crippen LogP contribution in [0, 0.1) is 13.8 Å². The smallest absolute Gasteiger partial charge is 0 e. The molecule has 0 heterocycles. The molecule has 0 N–H and O–H groups in total. The fourth-order valence-electron chi connectivity index (χ4n) is 0. The zero-order chi connectivity index (χ0) is 2.71. The Morgan fingerprint density at radius 3 is 1.17 bits per heavy atom. The van der Waals surface area contributed by atoms with Crippen molar-refractivity contribution in [1.29, 1.82) is 0 Å². The monoisotopic (exact) mass is 211 g/mol. The fourth-order valence-corrected chi connectivity index (χ4v) is 0. The van der Waals surface area contributed by atoms with E-state index in [9.17, 15) is 0 Å². The maximum Gasteiger partial charge on any atom is 0 e. The average Bonchev–Trinajstić information content (AvgIpc) is 0.918. The molecule has 1 radical (unpaired) electrons. The van der Waals surface area contributed by atoms with E-state index >= 15 is 0 Å². The molecule has 0 aliphatic rings. The molecule has 0 aromatic heterocycles. The Morgan fingerprint density at radius 2 is 1.17 bits per heavy atom. The van der Waals surface area contributed by atoms with Crippen LogP contribution in [0.1, 0.15) is 13.8 Å². The minimum absolute atomic E-state index is 0. The molecule has 0 aromatic carbocycles.